The molecule has 0 saturated carbocycles. The standard InChI is InChI=1S/C29H33N3O4S/c1-22-13-15-25(16-14-22)37(34,35)32-21-28(36-27-12-6-5-11-26(27)32)29(33)30-19-23-9-3-4-10-24(23)20-31-17-7-2-8-18-31/h3-6,9-16,28H,2,7-8,17-21H2,1H3,(H,30,33)/t28-/m1/s1. The van der Waals surface area contributed by atoms with Gasteiger partial charge in [-0.1, -0.05) is 60.5 Å². The average Bonchev–Trinajstić information content (AvgIpc) is 2.92. The van der Waals surface area contributed by atoms with Crippen LogP contribution in [0.1, 0.15) is 36.0 Å². The van der Waals surface area contributed by atoms with Gasteiger partial charge < -0.3 is 10.1 Å². The Kier molecular flexibility index (Phi) is 7.48. The third kappa shape index (κ3) is 5.65. The SMILES string of the molecule is Cc1ccc(S(=O)(=O)N2C[C@H](C(=O)NCc3ccccc3CN3CCCCC3)Oc3ccccc32)cc1. The molecule has 0 bridgehead atoms. The van der Waals surface area contributed by atoms with Crippen LogP contribution in [0.15, 0.2) is 77.7 Å². The van der Waals surface area contributed by atoms with Crippen LogP contribution >= 0.6 is 0 Å². The third-order valence-electron chi connectivity index (χ3n) is 7.05. The number of rotatable bonds is 7. The molecule has 2 aliphatic rings. The maximum Gasteiger partial charge on any atom is 0.264 e. The molecule has 1 saturated heterocycles. The van der Waals surface area contributed by atoms with Crippen molar-refractivity contribution >= 4 is 21.6 Å². The Balaban J connectivity index is 1.32. The van der Waals surface area contributed by atoms with E-state index in [4.69, 9.17) is 4.74 Å². The molecule has 1 N–H and O–H groups in total. The van der Waals surface area contributed by atoms with Crippen molar-refractivity contribution in [3.05, 3.63) is 89.5 Å². The van der Waals surface area contributed by atoms with Gasteiger partial charge in [-0.3, -0.25) is 14.0 Å². The van der Waals surface area contributed by atoms with Crippen molar-refractivity contribution in [2.75, 3.05) is 23.9 Å². The molecule has 8 heteroatoms. The van der Waals surface area contributed by atoms with E-state index in [0.29, 0.717) is 18.0 Å². The largest absolute Gasteiger partial charge is 0.476 e. The van der Waals surface area contributed by atoms with Crippen molar-refractivity contribution < 1.29 is 17.9 Å². The number of amides is 1. The fraction of sp³-hybridized carbons (Fsp3) is 0.345. The predicted molar refractivity (Wildman–Crippen MR) is 144 cm³/mol. The van der Waals surface area contributed by atoms with E-state index in [1.165, 1.54) is 29.1 Å². The van der Waals surface area contributed by atoms with Gasteiger partial charge in [0.1, 0.15) is 5.75 Å². The zero-order valence-electron chi connectivity index (χ0n) is 21.1. The molecular formula is C29H33N3O4S. The van der Waals surface area contributed by atoms with Crippen LogP contribution in [0.5, 0.6) is 5.75 Å². The van der Waals surface area contributed by atoms with Crippen LogP contribution in [0.2, 0.25) is 0 Å². The van der Waals surface area contributed by atoms with Gasteiger partial charge in [-0.15, -0.1) is 0 Å². The molecule has 3 aromatic rings. The van der Waals surface area contributed by atoms with Gasteiger partial charge in [0.25, 0.3) is 15.9 Å². The summed E-state index contributed by atoms with van der Waals surface area (Å²) in [5.41, 5.74) is 3.66. The Morgan fingerprint density at radius 1 is 0.919 bits per heavy atom. The first kappa shape index (κ1) is 25.3. The van der Waals surface area contributed by atoms with Gasteiger partial charge in [0.2, 0.25) is 0 Å². The number of hydrogen-bond acceptors (Lipinski definition) is 5. The lowest BCUT2D eigenvalue weighted by Crippen LogP contribution is -2.50. The fourth-order valence-electron chi connectivity index (χ4n) is 4.94. The minimum atomic E-state index is -3.88. The summed E-state index contributed by atoms with van der Waals surface area (Å²) in [7, 11) is -3.88. The van der Waals surface area contributed by atoms with Crippen LogP contribution in [-0.4, -0.2) is 45.0 Å². The second-order valence-electron chi connectivity index (χ2n) is 9.75. The Labute approximate surface area is 219 Å². The number of fused-ring (bicyclic) bond motifs is 1. The van der Waals surface area contributed by atoms with E-state index in [-0.39, 0.29) is 17.3 Å². The number of piperidine rings is 1. The quantitative estimate of drug-likeness (QED) is 0.505. The van der Waals surface area contributed by atoms with E-state index in [9.17, 15) is 13.2 Å². The first-order valence-corrected chi connectivity index (χ1v) is 14.3. The number of benzene rings is 3. The lowest BCUT2D eigenvalue weighted by atomic mass is 10.0. The van der Waals surface area contributed by atoms with Gasteiger partial charge in [0.15, 0.2) is 6.10 Å². The van der Waals surface area contributed by atoms with Crippen LogP contribution in [0, 0.1) is 6.92 Å². The number of ether oxygens (including phenoxy) is 1. The Hall–Kier alpha value is -3.36. The van der Waals surface area contributed by atoms with Crippen LogP contribution in [0.4, 0.5) is 5.69 Å². The highest BCUT2D eigenvalue weighted by Crippen LogP contribution is 2.36. The summed E-state index contributed by atoms with van der Waals surface area (Å²) in [4.78, 5) is 15.9. The van der Waals surface area contributed by atoms with E-state index in [0.717, 1.165) is 30.8 Å². The molecule has 0 spiro atoms. The topological polar surface area (TPSA) is 79.0 Å². The number of carbonyl (C=O) groups excluding carboxylic acids is 1. The van der Waals surface area contributed by atoms with Crippen molar-refractivity contribution in [3.63, 3.8) is 0 Å². The number of hydrogen-bond donors (Lipinski definition) is 1. The van der Waals surface area contributed by atoms with Gasteiger partial charge in [-0.2, -0.15) is 0 Å². The summed E-state index contributed by atoms with van der Waals surface area (Å²) in [6.07, 6.45) is 2.77. The summed E-state index contributed by atoms with van der Waals surface area (Å²) in [6, 6.07) is 21.8. The van der Waals surface area contributed by atoms with E-state index in [1.54, 1.807) is 48.5 Å². The molecule has 0 aromatic heterocycles. The van der Waals surface area contributed by atoms with E-state index in [2.05, 4.69) is 16.3 Å². The van der Waals surface area contributed by atoms with Crippen LogP contribution in [-0.2, 0) is 27.9 Å². The number of likely N-dealkylation sites (tertiary alicyclic amines) is 1. The molecule has 1 atom stereocenters. The van der Waals surface area contributed by atoms with Crippen molar-refractivity contribution in [1.82, 2.24) is 10.2 Å². The summed E-state index contributed by atoms with van der Waals surface area (Å²) in [5, 5.41) is 2.99. The van der Waals surface area contributed by atoms with Crippen molar-refractivity contribution in [2.45, 2.75) is 50.3 Å². The Bertz CT molecular complexity index is 1350. The number of para-hydroxylation sites is 2. The molecule has 2 aliphatic heterocycles. The van der Waals surface area contributed by atoms with E-state index < -0.39 is 16.1 Å². The summed E-state index contributed by atoms with van der Waals surface area (Å²) < 4.78 is 34.4. The molecule has 1 fully saturated rings. The van der Waals surface area contributed by atoms with E-state index in [1.807, 2.05) is 25.1 Å². The molecule has 194 valence electrons. The Morgan fingerprint density at radius 2 is 1.59 bits per heavy atom. The number of nitrogens with zero attached hydrogens (tertiary/aromatic N) is 2. The highest BCUT2D eigenvalue weighted by atomic mass is 32.2. The first-order valence-electron chi connectivity index (χ1n) is 12.8. The molecule has 0 radical (unpaired) electrons. The van der Waals surface area contributed by atoms with Gasteiger partial charge in [-0.05, 0) is 68.2 Å². The smallest absolute Gasteiger partial charge is 0.264 e. The van der Waals surface area contributed by atoms with Crippen molar-refractivity contribution in [1.29, 1.82) is 0 Å². The van der Waals surface area contributed by atoms with Gasteiger partial charge in [-0.25, -0.2) is 8.42 Å². The van der Waals surface area contributed by atoms with Crippen LogP contribution in [0.3, 0.4) is 0 Å². The normalized spacial score (nSPS) is 18.1. The van der Waals surface area contributed by atoms with Crippen LogP contribution in [0.25, 0.3) is 0 Å². The Morgan fingerprint density at radius 3 is 2.35 bits per heavy atom. The fourth-order valence-corrected chi connectivity index (χ4v) is 6.42. The zero-order valence-corrected chi connectivity index (χ0v) is 21.9. The number of sulfonamides is 1. The van der Waals surface area contributed by atoms with Gasteiger partial charge in [0.05, 0.1) is 17.1 Å². The monoisotopic (exact) mass is 519 g/mol. The van der Waals surface area contributed by atoms with E-state index >= 15 is 0 Å². The summed E-state index contributed by atoms with van der Waals surface area (Å²) in [5.74, 6) is 0.0291. The second-order valence-corrected chi connectivity index (χ2v) is 11.6. The molecule has 2 heterocycles. The van der Waals surface area contributed by atoms with Gasteiger partial charge in [0, 0.05) is 13.1 Å². The first-order chi connectivity index (χ1) is 17.9. The molecule has 3 aromatic carbocycles. The minimum absolute atomic E-state index is 0.103. The molecule has 5 rings (SSSR count). The third-order valence-corrected chi connectivity index (χ3v) is 8.84. The number of aryl methyl sites for hydroxylation is 1. The maximum absolute atomic E-state index is 13.6. The number of carbonyl (C=O) groups is 1. The van der Waals surface area contributed by atoms with Gasteiger partial charge >= 0.3 is 0 Å². The molecule has 1 amide bonds. The summed E-state index contributed by atoms with van der Waals surface area (Å²) in [6.45, 7) is 5.22. The number of nitrogens with one attached hydrogen (secondary N) is 1. The predicted octanol–water partition coefficient (Wildman–Crippen LogP) is 4.25. The number of anilines is 1. The highest BCUT2D eigenvalue weighted by Gasteiger charge is 2.37. The molecule has 0 aliphatic carbocycles. The maximum atomic E-state index is 13.6. The average molecular weight is 520 g/mol. The van der Waals surface area contributed by atoms with Crippen molar-refractivity contribution in [3.8, 4) is 5.75 Å². The second kappa shape index (κ2) is 10.9. The molecular weight excluding hydrogens is 486 g/mol. The molecule has 0 unspecified atom stereocenters. The molecule has 37 heavy (non-hydrogen) atoms. The zero-order chi connectivity index (χ0) is 25.8. The molecule has 7 nitrogen and oxygen atoms in total. The minimum Gasteiger partial charge on any atom is -0.476 e. The summed E-state index contributed by atoms with van der Waals surface area (Å²) >= 11 is 0. The lowest BCUT2D eigenvalue weighted by molar-refractivity contribution is -0.127. The van der Waals surface area contributed by atoms with Crippen molar-refractivity contribution in [2.24, 2.45) is 0 Å². The highest BCUT2D eigenvalue weighted by molar-refractivity contribution is 7.92. The lowest BCUT2D eigenvalue weighted by Gasteiger charge is -2.34. The van der Waals surface area contributed by atoms with Crippen LogP contribution < -0.4 is 14.4 Å².